The van der Waals surface area contributed by atoms with E-state index in [9.17, 15) is 23.2 Å². The first-order chi connectivity index (χ1) is 17.8. The van der Waals surface area contributed by atoms with Crippen molar-refractivity contribution in [2.24, 2.45) is 0 Å². The van der Waals surface area contributed by atoms with Gasteiger partial charge in [0.25, 0.3) is 0 Å². The quantitative estimate of drug-likeness (QED) is 0.475. The van der Waals surface area contributed by atoms with Gasteiger partial charge in [-0.1, -0.05) is 17.7 Å². The Balaban J connectivity index is 1.12. The minimum Gasteiger partial charge on any atom is -0.446 e. The van der Waals surface area contributed by atoms with Crippen molar-refractivity contribution >= 4 is 35.5 Å². The summed E-state index contributed by atoms with van der Waals surface area (Å²) in [6.07, 6.45) is 1.38. The molecule has 2 fully saturated rings. The van der Waals surface area contributed by atoms with Crippen LogP contribution in [0.1, 0.15) is 42.9 Å². The van der Waals surface area contributed by atoms with Crippen molar-refractivity contribution in [3.05, 3.63) is 64.2 Å². The number of carbonyl (C=O) groups is 3. The molecule has 1 unspecified atom stereocenters. The molecule has 1 saturated carbocycles. The molecule has 1 saturated heterocycles. The number of nitrogens with zero attached hydrogens (tertiary/aromatic N) is 1. The van der Waals surface area contributed by atoms with Gasteiger partial charge in [-0.2, -0.15) is 0 Å². The summed E-state index contributed by atoms with van der Waals surface area (Å²) in [7, 11) is 0. The number of halogens is 3. The van der Waals surface area contributed by atoms with E-state index in [1.54, 1.807) is 12.1 Å². The average molecular weight is 535 g/mol. The zero-order chi connectivity index (χ0) is 26.2. The molecule has 0 radical (unpaired) electrons. The molecule has 1 aliphatic carbocycles. The fraction of sp³-hybridized carbons (Fsp3) is 0.400. The van der Waals surface area contributed by atoms with Crippen LogP contribution in [-0.4, -0.2) is 48.9 Å². The number of fused-ring (bicyclic) bond motifs is 2. The van der Waals surface area contributed by atoms with Crippen LogP contribution in [0.2, 0.25) is 5.02 Å². The molecule has 9 nitrogen and oxygen atoms in total. The van der Waals surface area contributed by atoms with Gasteiger partial charge in [0.2, 0.25) is 0 Å². The number of imide groups is 1. The Morgan fingerprint density at radius 3 is 2.65 bits per heavy atom. The van der Waals surface area contributed by atoms with E-state index in [0.717, 1.165) is 35.4 Å². The minimum absolute atomic E-state index is 0.144. The number of ether oxygens (including phenoxy) is 2. The molecule has 4 amide bonds. The zero-order valence-corrected chi connectivity index (χ0v) is 20.4. The number of anilines is 1. The molecule has 196 valence electrons. The van der Waals surface area contributed by atoms with Crippen molar-refractivity contribution in [1.82, 2.24) is 15.5 Å². The summed E-state index contributed by atoms with van der Waals surface area (Å²) in [5, 5.41) is 9.34. The smallest absolute Gasteiger partial charge is 0.418 e. The highest BCUT2D eigenvalue weighted by Gasteiger charge is 2.45. The minimum atomic E-state index is -1.07. The molecular formula is C25H25ClF2N4O5. The molecule has 2 aromatic carbocycles. The normalized spacial score (nSPS) is 24.8. The van der Waals surface area contributed by atoms with Crippen molar-refractivity contribution in [2.45, 2.75) is 43.4 Å². The number of carbonyl (C=O) groups excluding carboxylic acids is 3. The first kappa shape index (κ1) is 25.2. The van der Waals surface area contributed by atoms with Crippen molar-refractivity contribution in [2.75, 3.05) is 25.0 Å². The van der Waals surface area contributed by atoms with Gasteiger partial charge in [-0.05, 0) is 61.6 Å². The van der Waals surface area contributed by atoms with E-state index in [0.29, 0.717) is 30.1 Å². The molecule has 37 heavy (non-hydrogen) atoms. The Hall–Kier alpha value is -3.44. The SMILES string of the molecule is O=C1Nc2ccc(Cl)cc2C2(CCC(NCCNC(=O)N3C(=O)OCC3c3ccc(F)c(F)c3)CC2)O1. The Labute approximate surface area is 216 Å². The van der Waals surface area contributed by atoms with Crippen LogP contribution in [-0.2, 0) is 15.1 Å². The molecule has 0 bridgehead atoms. The van der Waals surface area contributed by atoms with Crippen LogP contribution in [0.25, 0.3) is 0 Å². The van der Waals surface area contributed by atoms with Crippen LogP contribution >= 0.6 is 11.6 Å². The maximum atomic E-state index is 13.6. The highest BCUT2D eigenvalue weighted by Crippen LogP contribution is 2.46. The Bertz CT molecular complexity index is 1240. The fourth-order valence-corrected chi connectivity index (χ4v) is 5.34. The van der Waals surface area contributed by atoms with E-state index in [1.165, 1.54) is 6.07 Å². The first-order valence-corrected chi connectivity index (χ1v) is 12.4. The summed E-state index contributed by atoms with van der Waals surface area (Å²) < 4.78 is 37.6. The number of benzene rings is 2. The van der Waals surface area contributed by atoms with E-state index in [2.05, 4.69) is 16.0 Å². The van der Waals surface area contributed by atoms with Gasteiger partial charge in [0.05, 0.1) is 5.69 Å². The van der Waals surface area contributed by atoms with E-state index in [-0.39, 0.29) is 24.8 Å². The Morgan fingerprint density at radius 2 is 1.89 bits per heavy atom. The molecular weight excluding hydrogens is 510 g/mol. The average Bonchev–Trinajstić information content (AvgIpc) is 3.26. The molecule has 2 aliphatic heterocycles. The third-order valence-electron chi connectivity index (χ3n) is 7.05. The van der Waals surface area contributed by atoms with Crippen molar-refractivity contribution in [3.63, 3.8) is 0 Å². The van der Waals surface area contributed by atoms with Crippen LogP contribution < -0.4 is 16.0 Å². The Morgan fingerprint density at radius 1 is 1.11 bits per heavy atom. The number of urea groups is 1. The van der Waals surface area contributed by atoms with Gasteiger partial charge < -0.3 is 20.1 Å². The molecule has 3 N–H and O–H groups in total. The second-order valence-electron chi connectivity index (χ2n) is 9.30. The zero-order valence-electron chi connectivity index (χ0n) is 19.7. The second kappa shape index (κ2) is 10.1. The van der Waals surface area contributed by atoms with Crippen molar-refractivity contribution < 1.29 is 32.6 Å². The fourth-order valence-electron chi connectivity index (χ4n) is 5.17. The third-order valence-corrected chi connectivity index (χ3v) is 7.28. The number of nitrogens with one attached hydrogen (secondary N) is 3. The summed E-state index contributed by atoms with van der Waals surface area (Å²) in [5.74, 6) is -2.09. The van der Waals surface area contributed by atoms with Crippen molar-refractivity contribution in [1.29, 1.82) is 0 Å². The monoisotopic (exact) mass is 534 g/mol. The summed E-state index contributed by atoms with van der Waals surface area (Å²) >= 11 is 6.19. The maximum absolute atomic E-state index is 13.6. The summed E-state index contributed by atoms with van der Waals surface area (Å²) in [4.78, 5) is 37.8. The van der Waals surface area contributed by atoms with E-state index < -0.39 is 41.5 Å². The van der Waals surface area contributed by atoms with Gasteiger partial charge in [-0.25, -0.2) is 28.1 Å². The summed E-state index contributed by atoms with van der Waals surface area (Å²) in [6, 6.07) is 7.15. The maximum Gasteiger partial charge on any atom is 0.418 e. The third kappa shape index (κ3) is 5.05. The standard InChI is InChI=1S/C25H25ClF2N4O5/c26-15-2-4-20-17(12-15)25(37-23(34)31-20)7-5-16(6-8-25)29-9-10-30-22(33)32-21(13-36-24(32)35)14-1-3-18(27)19(28)11-14/h1-4,11-12,16,21,29H,5-10,13H2,(H,30,33)(H,31,34). The van der Waals surface area contributed by atoms with E-state index in [1.807, 2.05) is 6.07 Å². The van der Waals surface area contributed by atoms with Gasteiger partial charge >= 0.3 is 18.2 Å². The Kier molecular flexibility index (Phi) is 6.91. The highest BCUT2D eigenvalue weighted by molar-refractivity contribution is 6.30. The van der Waals surface area contributed by atoms with Crippen molar-refractivity contribution in [3.8, 4) is 0 Å². The molecule has 12 heteroatoms. The van der Waals surface area contributed by atoms with Crippen LogP contribution in [0, 0.1) is 11.6 Å². The van der Waals surface area contributed by atoms with Crippen LogP contribution in [0.3, 0.4) is 0 Å². The lowest BCUT2D eigenvalue weighted by Crippen LogP contribution is -2.48. The predicted octanol–water partition coefficient (Wildman–Crippen LogP) is 4.81. The van der Waals surface area contributed by atoms with Crippen LogP contribution in [0.4, 0.5) is 28.9 Å². The number of hydrogen-bond acceptors (Lipinski definition) is 6. The van der Waals surface area contributed by atoms with E-state index in [4.69, 9.17) is 21.1 Å². The molecule has 1 atom stereocenters. The molecule has 3 aliphatic rings. The lowest BCUT2D eigenvalue weighted by atomic mass is 9.76. The van der Waals surface area contributed by atoms with E-state index >= 15 is 0 Å². The van der Waals surface area contributed by atoms with Gasteiger partial charge in [0.15, 0.2) is 11.6 Å². The topological polar surface area (TPSA) is 109 Å². The first-order valence-electron chi connectivity index (χ1n) is 12.0. The lowest BCUT2D eigenvalue weighted by molar-refractivity contribution is -0.0238. The largest absolute Gasteiger partial charge is 0.446 e. The molecule has 0 aromatic heterocycles. The van der Waals surface area contributed by atoms with Gasteiger partial charge in [0, 0.05) is 29.7 Å². The van der Waals surface area contributed by atoms with Crippen LogP contribution in [0.15, 0.2) is 36.4 Å². The number of hydrogen-bond donors (Lipinski definition) is 3. The highest BCUT2D eigenvalue weighted by atomic mass is 35.5. The second-order valence-corrected chi connectivity index (χ2v) is 9.73. The van der Waals surface area contributed by atoms with Crippen LogP contribution in [0.5, 0.6) is 0 Å². The number of cyclic esters (lactones) is 1. The number of amides is 4. The van der Waals surface area contributed by atoms with Gasteiger partial charge in [-0.3, -0.25) is 5.32 Å². The summed E-state index contributed by atoms with van der Waals surface area (Å²) in [6.45, 7) is 0.520. The molecule has 5 rings (SSSR count). The molecule has 1 spiro atoms. The summed E-state index contributed by atoms with van der Waals surface area (Å²) in [5.41, 5.74) is 1.12. The van der Waals surface area contributed by atoms with Gasteiger partial charge in [0.1, 0.15) is 18.2 Å². The predicted molar refractivity (Wildman–Crippen MR) is 129 cm³/mol. The lowest BCUT2D eigenvalue weighted by Gasteiger charge is -2.43. The molecule has 2 heterocycles. The number of rotatable bonds is 5. The molecule has 2 aromatic rings. The van der Waals surface area contributed by atoms with Gasteiger partial charge in [-0.15, -0.1) is 0 Å².